The number of hydrogen-bond donors (Lipinski definition) is 0. The zero-order valence-electron chi connectivity index (χ0n) is 85.0. The van der Waals surface area contributed by atoms with E-state index in [-0.39, 0.29) is 47.3 Å². The zero-order valence-corrected chi connectivity index (χ0v) is 89.9. The van der Waals surface area contributed by atoms with Crippen LogP contribution in [0.4, 0.5) is 0 Å². The molecule has 0 N–H and O–H groups in total. The van der Waals surface area contributed by atoms with Crippen LogP contribution in [-0.4, -0.2) is 153 Å². The Morgan fingerprint density at radius 3 is 0.797 bits per heavy atom. The lowest BCUT2D eigenvalue weighted by Crippen LogP contribution is -2.45. The normalized spacial score (nSPS) is 32.7. The lowest BCUT2D eigenvalue weighted by Gasteiger charge is -2.36. The van der Waals surface area contributed by atoms with Crippen molar-refractivity contribution in [3.63, 3.8) is 0 Å². The maximum Gasteiger partial charge on any atom is 0.190 e. The Morgan fingerprint density at radius 2 is 0.564 bits per heavy atom. The van der Waals surface area contributed by atoms with E-state index in [9.17, 15) is 25.3 Å². The number of fused-ring (bicyclic) bond motifs is 2. The van der Waals surface area contributed by atoms with Gasteiger partial charge in [-0.1, -0.05) is 212 Å². The van der Waals surface area contributed by atoms with Gasteiger partial charge >= 0.3 is 0 Å². The van der Waals surface area contributed by atoms with E-state index in [0.717, 1.165) is 50.8 Å². The first-order chi connectivity index (χ1) is 62.3. The molecule has 22 nitrogen and oxygen atoms in total. The second kappa shape index (κ2) is 49.4. The molecular weight excluding hydrogens is 1810 g/mol. The third-order valence-electron chi connectivity index (χ3n) is 27.1. The van der Waals surface area contributed by atoms with Gasteiger partial charge in [0.05, 0.1) is 67.4 Å². The molecule has 6 heterocycles. The Morgan fingerprint density at radius 1 is 0.316 bits per heavy atom. The summed E-state index contributed by atoms with van der Waals surface area (Å²) in [6.07, 6.45) is 9.52. The standard InChI is InChI=1S/C20H32O2S.C19H26O7S.3C17H26O2S.C15H26O7S/c1-14(2)18-12-7-15(3)13-19(18)22-23(21)17-10-8-16(9-11-17)20(4,5)6;1-11-6-8-12(9-7-11)27(20)26-15-14(13-10-21-18(2,3)23-13)22-17-16(15)24-19(4,5)25-17;3*1-12(2)16-10-7-14(4)11-17(16)19-20(18)15-8-5-13(3)6-9-15;1-8(2)23(16)22-11-10(9-7-17-14(3,4)19-9)18-13-12(11)20-15(5,6)21-13/h8-11,14-15,18-19H,7,12-13H2,1-6H3;6-9,13-17H,10H2,1-5H3;3*5-6,8-9,12,14,16-17H,7,10-11H2,1-4H3;8-13H,7H2,1-6H3/t15-,18+,19-,23+;13-,14?,15?,16?,17?,27-;3*14-,16+,17-,20+;9-,10?,11?,12?,13?,23-/m011001/s1. The highest BCUT2D eigenvalue weighted by Gasteiger charge is 2.62. The van der Waals surface area contributed by atoms with Gasteiger partial charge in [0.25, 0.3) is 0 Å². The van der Waals surface area contributed by atoms with Crippen molar-refractivity contribution in [3.8, 4) is 0 Å². The van der Waals surface area contributed by atoms with Crippen LogP contribution in [0.5, 0.6) is 0 Å². The van der Waals surface area contributed by atoms with Gasteiger partial charge in [0.1, 0.15) is 48.8 Å². The third-order valence-corrected chi connectivity index (χ3v) is 33.6. The molecule has 4 saturated carbocycles. The van der Waals surface area contributed by atoms with Crippen molar-refractivity contribution in [3.05, 3.63) is 149 Å². The summed E-state index contributed by atoms with van der Waals surface area (Å²) in [5.41, 5.74) is 5.99. The first-order valence-electron chi connectivity index (χ1n) is 48.9. The summed E-state index contributed by atoms with van der Waals surface area (Å²) in [6, 6.07) is 38.8. The predicted molar refractivity (Wildman–Crippen MR) is 527 cm³/mol. The summed E-state index contributed by atoms with van der Waals surface area (Å²) in [6.45, 7) is 60.7. The van der Waals surface area contributed by atoms with E-state index in [1.54, 1.807) is 12.1 Å². The molecule has 0 aromatic heterocycles. The van der Waals surface area contributed by atoms with Crippen LogP contribution in [0.25, 0.3) is 0 Å². The van der Waals surface area contributed by atoms with Gasteiger partial charge in [0, 0.05) is 0 Å². The number of ether oxygens (including phenoxy) is 10. The average Bonchev–Trinajstić information content (AvgIpc) is 1.60. The molecule has 0 bridgehead atoms. The molecule has 750 valence electrons. The summed E-state index contributed by atoms with van der Waals surface area (Å²) < 4.78 is 169. The molecule has 8 unspecified atom stereocenters. The Hall–Kier alpha value is -3.64. The largest absolute Gasteiger partial charge is 0.348 e. The van der Waals surface area contributed by atoms with Gasteiger partial charge in [-0.15, -0.1) is 0 Å². The fourth-order valence-electron chi connectivity index (χ4n) is 19.2. The topological polar surface area (TPSA) is 250 Å². The van der Waals surface area contributed by atoms with E-state index >= 15 is 0 Å². The monoisotopic (exact) mass is 1970 g/mol. The summed E-state index contributed by atoms with van der Waals surface area (Å²) in [4.78, 5) is 3.69. The van der Waals surface area contributed by atoms with Crippen molar-refractivity contribution in [1.82, 2.24) is 0 Å². The summed E-state index contributed by atoms with van der Waals surface area (Å²) in [5, 5.41) is -0.123. The minimum atomic E-state index is -1.67. The molecule has 0 spiro atoms. The molecule has 5 aromatic rings. The van der Waals surface area contributed by atoms with Crippen LogP contribution in [0, 0.1) is 98.7 Å². The quantitative estimate of drug-likeness (QED) is 0.0556. The van der Waals surface area contributed by atoms with Crippen LogP contribution in [0.15, 0.2) is 146 Å². The fraction of sp³-hybridized carbons (Fsp3) is 0.714. The molecule has 10 fully saturated rings. The molecule has 10 aliphatic rings. The van der Waals surface area contributed by atoms with Crippen molar-refractivity contribution in [2.24, 2.45) is 71.0 Å². The Balaban J connectivity index is 0.000000166. The van der Waals surface area contributed by atoms with Crippen molar-refractivity contribution >= 4 is 66.5 Å². The lowest BCUT2D eigenvalue weighted by molar-refractivity contribution is -0.230. The molecule has 5 aromatic carbocycles. The molecular formula is C105H162O22S6. The molecule has 28 heteroatoms. The molecule has 4 aliphatic carbocycles. The number of rotatable bonds is 24. The van der Waals surface area contributed by atoms with Gasteiger partial charge in [-0.05, 0) is 291 Å². The van der Waals surface area contributed by atoms with Crippen molar-refractivity contribution < 1.29 is 97.7 Å². The molecule has 0 radical (unpaired) electrons. The summed E-state index contributed by atoms with van der Waals surface area (Å²) in [5.74, 6) is 4.19. The first-order valence-corrected chi connectivity index (χ1v) is 55.4. The van der Waals surface area contributed by atoms with Crippen LogP contribution in [-0.2, 0) is 144 Å². The zero-order chi connectivity index (χ0) is 97.7. The van der Waals surface area contributed by atoms with Crippen LogP contribution in [0.1, 0.15) is 278 Å². The van der Waals surface area contributed by atoms with Crippen LogP contribution < -0.4 is 0 Å². The smallest absolute Gasteiger partial charge is 0.190 e. The average molecular weight is 1970 g/mol. The predicted octanol–water partition coefficient (Wildman–Crippen LogP) is 22.9. The van der Waals surface area contributed by atoms with E-state index in [1.807, 2.05) is 194 Å². The maximum atomic E-state index is 12.8. The van der Waals surface area contributed by atoms with E-state index in [0.29, 0.717) is 89.1 Å². The highest BCUT2D eigenvalue weighted by atomic mass is 32.2. The van der Waals surface area contributed by atoms with Gasteiger partial charge in [-0.2, -0.15) is 0 Å². The van der Waals surface area contributed by atoms with E-state index in [1.165, 1.54) is 73.6 Å². The molecule has 6 saturated heterocycles. The SMILES string of the molecule is CC(C)[C@H]1CC[C@H](C)C[C@@H]1O[S@@](=O)c1ccc(C(C)(C)C)cc1.CC(C)[S@](=O)OC1C2OC(C)(C)OC2OC1[C@H]1COC(C)(C)O1.Cc1ccc([S@@](=O)O[C@@H]2C[C@H](C)CC[C@H]2C(C)C)cc1.Cc1ccc([S@](=O)OC2C3OC(C)(C)OC3OC2[C@H]2COC(C)(C)O2)cc1.Cc1ccc([S@](=O)O[C@H]2C[C@@H](C)CC[C@@H]2C(C)C)cc1.Cc1ccc([S@](=O)O[C@H]2C[C@@H](C)CC[C@@H]2C(C)C)cc1. The molecule has 15 rings (SSSR count). The van der Waals surface area contributed by atoms with Crippen LogP contribution >= 0.6 is 0 Å². The highest BCUT2D eigenvalue weighted by Crippen LogP contribution is 2.47. The van der Waals surface area contributed by atoms with Gasteiger partial charge in [0.2, 0.25) is 0 Å². The van der Waals surface area contributed by atoms with E-state index in [2.05, 4.69) is 116 Å². The first kappa shape index (κ1) is 111. The van der Waals surface area contributed by atoms with Crippen LogP contribution in [0.3, 0.4) is 0 Å². The van der Waals surface area contributed by atoms with Gasteiger partial charge in [0.15, 0.2) is 102 Å². The third kappa shape index (κ3) is 32.7. The number of benzene rings is 5. The number of hydrogen-bond acceptors (Lipinski definition) is 22. The van der Waals surface area contributed by atoms with E-state index in [4.69, 9.17) is 72.5 Å². The van der Waals surface area contributed by atoms with E-state index < -0.39 is 139 Å². The minimum absolute atomic E-state index is 0.113. The summed E-state index contributed by atoms with van der Waals surface area (Å²) >= 11 is -8.51. The minimum Gasteiger partial charge on any atom is -0.348 e. The number of aryl methyl sites for hydroxylation is 4. The van der Waals surface area contributed by atoms with Gasteiger partial charge < -0.3 is 47.4 Å². The van der Waals surface area contributed by atoms with Gasteiger partial charge in [-0.3, -0.25) is 25.1 Å². The molecule has 6 aliphatic heterocycles. The lowest BCUT2D eigenvalue weighted by atomic mass is 9.75. The Bertz CT molecular complexity index is 4350. The summed E-state index contributed by atoms with van der Waals surface area (Å²) in [7, 11) is 0. The maximum absolute atomic E-state index is 12.8. The van der Waals surface area contributed by atoms with Gasteiger partial charge in [-0.25, -0.2) is 25.3 Å². The van der Waals surface area contributed by atoms with Crippen molar-refractivity contribution in [2.75, 3.05) is 13.2 Å². The molecule has 0 amide bonds. The van der Waals surface area contributed by atoms with Crippen molar-refractivity contribution in [1.29, 1.82) is 0 Å². The van der Waals surface area contributed by atoms with Crippen LogP contribution in [0.2, 0.25) is 0 Å². The second-order valence-electron chi connectivity index (χ2n) is 43.3. The fourth-order valence-corrected chi connectivity index (χ4v) is 24.4. The highest BCUT2D eigenvalue weighted by molar-refractivity contribution is 7.81. The Kier molecular flexibility index (Phi) is 41.3. The second-order valence-corrected chi connectivity index (χ2v) is 50.7. The molecule has 133 heavy (non-hydrogen) atoms. The van der Waals surface area contributed by atoms with Crippen molar-refractivity contribution in [2.45, 2.75) is 422 Å². The Labute approximate surface area is 813 Å². The molecule has 28 atom stereocenters.